The molecule has 7 nitrogen and oxygen atoms in total. The fraction of sp³-hybridized carbons (Fsp3) is 0.400. The largest absolute Gasteiger partial charge is 0.322 e. The van der Waals surface area contributed by atoms with Crippen molar-refractivity contribution in [3.05, 3.63) is 53.3 Å². The third kappa shape index (κ3) is 5.54. The number of nitrogens with one attached hydrogen (secondary N) is 1. The number of rotatable bonds is 7. The molecule has 1 saturated heterocycles. The van der Waals surface area contributed by atoms with E-state index in [4.69, 9.17) is 11.6 Å². The van der Waals surface area contributed by atoms with Crippen LogP contribution in [0.3, 0.4) is 0 Å². The number of aryl methyl sites for hydroxylation is 1. The van der Waals surface area contributed by atoms with E-state index in [1.807, 2.05) is 17.0 Å². The van der Waals surface area contributed by atoms with Gasteiger partial charge >= 0.3 is 0 Å². The van der Waals surface area contributed by atoms with Gasteiger partial charge in [-0.25, -0.2) is 13.4 Å². The smallest absolute Gasteiger partial charge is 0.243 e. The van der Waals surface area contributed by atoms with Gasteiger partial charge in [-0.15, -0.1) is 0 Å². The third-order valence-electron chi connectivity index (χ3n) is 4.83. The first-order valence-electron chi connectivity index (χ1n) is 9.62. The quantitative estimate of drug-likeness (QED) is 0.674. The van der Waals surface area contributed by atoms with Crippen LogP contribution in [0.15, 0.2) is 47.5 Å². The Morgan fingerprint density at radius 3 is 2.45 bits per heavy atom. The van der Waals surface area contributed by atoms with Crippen molar-refractivity contribution in [3.8, 4) is 0 Å². The Hall–Kier alpha value is -2.00. The Kier molecular flexibility index (Phi) is 7.23. The highest BCUT2D eigenvalue weighted by molar-refractivity contribution is 7.89. The standard InChI is InChI=1S/C20H25ClN4O3S/c1-2-4-16-6-8-17(9-7-16)29(27,28)25-13-11-24(12-14-25)15-19(26)23-18-5-3-10-22-20(18)21/h3,5-10H,2,4,11-15H2,1H3,(H,23,26). The van der Waals surface area contributed by atoms with E-state index in [0.29, 0.717) is 36.8 Å². The molecule has 1 aromatic heterocycles. The minimum absolute atomic E-state index is 0.171. The third-order valence-corrected chi connectivity index (χ3v) is 7.05. The molecule has 9 heteroatoms. The van der Waals surface area contributed by atoms with Crippen LogP contribution in [0.4, 0.5) is 5.69 Å². The maximum Gasteiger partial charge on any atom is 0.243 e. The average Bonchev–Trinajstić information content (AvgIpc) is 2.71. The number of anilines is 1. The van der Waals surface area contributed by atoms with Gasteiger partial charge in [0.05, 0.1) is 17.1 Å². The van der Waals surface area contributed by atoms with Crippen LogP contribution in [0.2, 0.25) is 5.15 Å². The summed E-state index contributed by atoms with van der Waals surface area (Å²) in [5.41, 5.74) is 1.60. The lowest BCUT2D eigenvalue weighted by molar-refractivity contribution is -0.117. The number of hydrogen-bond acceptors (Lipinski definition) is 5. The van der Waals surface area contributed by atoms with Gasteiger partial charge in [0, 0.05) is 32.4 Å². The number of halogens is 1. The van der Waals surface area contributed by atoms with Crippen molar-refractivity contribution < 1.29 is 13.2 Å². The van der Waals surface area contributed by atoms with Crippen molar-refractivity contribution in [2.24, 2.45) is 0 Å². The van der Waals surface area contributed by atoms with Gasteiger partial charge in [-0.3, -0.25) is 9.69 Å². The van der Waals surface area contributed by atoms with Crippen molar-refractivity contribution >= 4 is 33.2 Å². The van der Waals surface area contributed by atoms with E-state index < -0.39 is 10.0 Å². The number of piperazine rings is 1. The lowest BCUT2D eigenvalue weighted by atomic mass is 10.1. The zero-order valence-corrected chi connectivity index (χ0v) is 17.9. The summed E-state index contributed by atoms with van der Waals surface area (Å²) in [4.78, 5) is 18.4. The molecule has 2 heterocycles. The van der Waals surface area contributed by atoms with Gasteiger partial charge in [0.2, 0.25) is 15.9 Å². The molecule has 3 rings (SSSR count). The molecule has 1 aromatic carbocycles. The molecule has 0 saturated carbocycles. The van der Waals surface area contributed by atoms with Crippen molar-refractivity contribution in [2.45, 2.75) is 24.7 Å². The summed E-state index contributed by atoms with van der Waals surface area (Å²) in [6, 6.07) is 10.5. The van der Waals surface area contributed by atoms with Crippen LogP contribution in [0.1, 0.15) is 18.9 Å². The maximum atomic E-state index is 12.9. The Morgan fingerprint density at radius 1 is 1.14 bits per heavy atom. The first-order chi connectivity index (χ1) is 13.9. The molecule has 1 fully saturated rings. The fourth-order valence-corrected chi connectivity index (χ4v) is 4.85. The number of aromatic nitrogens is 1. The molecule has 0 aliphatic carbocycles. The van der Waals surface area contributed by atoms with Crippen LogP contribution in [0, 0.1) is 0 Å². The average molecular weight is 437 g/mol. The Balaban J connectivity index is 1.54. The highest BCUT2D eigenvalue weighted by Gasteiger charge is 2.29. The second kappa shape index (κ2) is 9.67. The second-order valence-electron chi connectivity index (χ2n) is 6.96. The summed E-state index contributed by atoms with van der Waals surface area (Å²) in [5.74, 6) is -0.206. The Morgan fingerprint density at radius 2 is 1.83 bits per heavy atom. The van der Waals surface area contributed by atoms with Gasteiger partial charge in [0.1, 0.15) is 0 Å². The van der Waals surface area contributed by atoms with Gasteiger partial charge in [-0.1, -0.05) is 37.1 Å². The summed E-state index contributed by atoms with van der Waals surface area (Å²) in [5, 5.41) is 2.97. The van der Waals surface area contributed by atoms with Crippen LogP contribution < -0.4 is 5.32 Å². The van der Waals surface area contributed by atoms with Gasteiger partial charge in [-0.2, -0.15) is 4.31 Å². The number of nitrogens with zero attached hydrogens (tertiary/aromatic N) is 3. The Bertz CT molecular complexity index is 942. The monoisotopic (exact) mass is 436 g/mol. The SMILES string of the molecule is CCCc1ccc(S(=O)(=O)N2CCN(CC(=O)Nc3cccnc3Cl)CC2)cc1. The number of hydrogen-bond donors (Lipinski definition) is 1. The summed E-state index contributed by atoms with van der Waals surface area (Å²) in [6.45, 7) is 3.93. The van der Waals surface area contributed by atoms with Crippen LogP contribution in [0.5, 0.6) is 0 Å². The molecule has 1 aliphatic rings. The molecule has 0 spiro atoms. The van der Waals surface area contributed by atoms with E-state index in [2.05, 4.69) is 17.2 Å². The highest BCUT2D eigenvalue weighted by atomic mass is 35.5. The molecule has 1 amide bonds. The van der Waals surface area contributed by atoms with Gasteiger partial charge in [0.25, 0.3) is 0 Å². The Labute approximate surface area is 176 Å². The van der Waals surface area contributed by atoms with Gasteiger partial charge in [0.15, 0.2) is 5.15 Å². The van der Waals surface area contributed by atoms with E-state index in [1.165, 1.54) is 4.31 Å². The van der Waals surface area contributed by atoms with Crippen molar-refractivity contribution in [1.82, 2.24) is 14.2 Å². The van der Waals surface area contributed by atoms with Crippen LogP contribution in [-0.2, 0) is 21.2 Å². The van der Waals surface area contributed by atoms with Crippen molar-refractivity contribution in [2.75, 3.05) is 38.0 Å². The lowest BCUT2D eigenvalue weighted by Crippen LogP contribution is -2.50. The first-order valence-corrected chi connectivity index (χ1v) is 11.4. The molecule has 0 atom stereocenters. The zero-order chi connectivity index (χ0) is 20.9. The van der Waals surface area contributed by atoms with Gasteiger partial charge in [-0.05, 0) is 36.2 Å². The van der Waals surface area contributed by atoms with E-state index in [9.17, 15) is 13.2 Å². The van der Waals surface area contributed by atoms with E-state index in [-0.39, 0.29) is 17.6 Å². The first kappa shape index (κ1) is 21.7. The summed E-state index contributed by atoms with van der Waals surface area (Å²) < 4.78 is 27.2. The summed E-state index contributed by atoms with van der Waals surface area (Å²) >= 11 is 5.95. The molecule has 0 bridgehead atoms. The maximum absolute atomic E-state index is 12.9. The predicted octanol–water partition coefficient (Wildman–Crippen LogP) is 2.63. The molecule has 156 valence electrons. The predicted molar refractivity (Wildman–Crippen MR) is 114 cm³/mol. The number of sulfonamides is 1. The minimum atomic E-state index is -3.52. The van der Waals surface area contributed by atoms with Crippen LogP contribution in [-0.4, -0.2) is 61.2 Å². The summed E-state index contributed by atoms with van der Waals surface area (Å²) in [7, 11) is -3.52. The minimum Gasteiger partial charge on any atom is -0.322 e. The number of amides is 1. The molecule has 0 radical (unpaired) electrons. The normalized spacial score (nSPS) is 15.9. The number of pyridine rings is 1. The van der Waals surface area contributed by atoms with E-state index in [0.717, 1.165) is 18.4 Å². The summed E-state index contributed by atoms with van der Waals surface area (Å²) in [6.07, 6.45) is 3.51. The highest BCUT2D eigenvalue weighted by Crippen LogP contribution is 2.20. The van der Waals surface area contributed by atoms with Crippen molar-refractivity contribution in [3.63, 3.8) is 0 Å². The molecule has 29 heavy (non-hydrogen) atoms. The second-order valence-corrected chi connectivity index (χ2v) is 9.26. The molecule has 1 aliphatic heterocycles. The number of carbonyl (C=O) groups is 1. The molecule has 0 unspecified atom stereocenters. The molecular formula is C20H25ClN4O3S. The van der Waals surface area contributed by atoms with E-state index >= 15 is 0 Å². The topological polar surface area (TPSA) is 82.6 Å². The van der Waals surface area contributed by atoms with Crippen LogP contribution >= 0.6 is 11.6 Å². The van der Waals surface area contributed by atoms with Gasteiger partial charge < -0.3 is 5.32 Å². The molecular weight excluding hydrogens is 412 g/mol. The number of benzene rings is 1. The molecule has 1 N–H and O–H groups in total. The molecule has 2 aromatic rings. The lowest BCUT2D eigenvalue weighted by Gasteiger charge is -2.33. The van der Waals surface area contributed by atoms with Crippen LogP contribution in [0.25, 0.3) is 0 Å². The van der Waals surface area contributed by atoms with Crippen molar-refractivity contribution in [1.29, 1.82) is 0 Å². The zero-order valence-electron chi connectivity index (χ0n) is 16.3. The van der Waals surface area contributed by atoms with E-state index in [1.54, 1.807) is 30.5 Å². The fourth-order valence-electron chi connectivity index (χ4n) is 3.27. The number of carbonyl (C=O) groups excluding carboxylic acids is 1.